The molecule has 2 atom stereocenters. The van der Waals surface area contributed by atoms with Crippen LogP contribution in [0.25, 0.3) is 0 Å². The van der Waals surface area contributed by atoms with Gasteiger partial charge in [0, 0.05) is 32.3 Å². The molecule has 0 spiro atoms. The van der Waals surface area contributed by atoms with Gasteiger partial charge in [-0.1, -0.05) is 13.8 Å². The highest BCUT2D eigenvalue weighted by molar-refractivity contribution is 4.95. The molecular formula is C15H30N2O. The Bertz CT molecular complexity index is 261. The Morgan fingerprint density at radius 1 is 1.17 bits per heavy atom. The maximum atomic E-state index is 6.39. The topological polar surface area (TPSA) is 38.5 Å². The van der Waals surface area contributed by atoms with Gasteiger partial charge in [-0.25, -0.2) is 0 Å². The molecule has 0 aromatic carbocycles. The zero-order valence-corrected chi connectivity index (χ0v) is 12.3. The Kier molecular flexibility index (Phi) is 4.68. The lowest BCUT2D eigenvalue weighted by molar-refractivity contribution is 0.0535. The van der Waals surface area contributed by atoms with Crippen molar-refractivity contribution in [3.8, 4) is 0 Å². The van der Waals surface area contributed by atoms with Gasteiger partial charge in [-0.3, -0.25) is 0 Å². The number of hydrogen-bond donors (Lipinski definition) is 1. The first-order valence-corrected chi connectivity index (χ1v) is 7.51. The molecule has 0 aromatic rings. The highest BCUT2D eigenvalue weighted by Crippen LogP contribution is 2.40. The van der Waals surface area contributed by atoms with E-state index in [1.165, 1.54) is 38.8 Å². The van der Waals surface area contributed by atoms with Crippen molar-refractivity contribution in [2.45, 2.75) is 45.6 Å². The van der Waals surface area contributed by atoms with E-state index in [-0.39, 0.29) is 0 Å². The van der Waals surface area contributed by atoms with Crippen LogP contribution in [-0.4, -0.2) is 44.3 Å². The van der Waals surface area contributed by atoms with Crippen molar-refractivity contribution >= 4 is 0 Å². The first-order chi connectivity index (χ1) is 8.49. The minimum Gasteiger partial charge on any atom is -0.381 e. The molecule has 2 N–H and O–H groups in total. The van der Waals surface area contributed by atoms with E-state index in [4.69, 9.17) is 10.5 Å². The van der Waals surface area contributed by atoms with Crippen LogP contribution in [0.1, 0.15) is 39.5 Å². The molecule has 18 heavy (non-hydrogen) atoms. The van der Waals surface area contributed by atoms with Crippen LogP contribution in [0.3, 0.4) is 0 Å². The summed E-state index contributed by atoms with van der Waals surface area (Å²) in [5, 5.41) is 0. The first kappa shape index (κ1) is 14.3. The molecule has 1 heterocycles. The van der Waals surface area contributed by atoms with Crippen LogP contribution in [0.5, 0.6) is 0 Å². The van der Waals surface area contributed by atoms with Gasteiger partial charge >= 0.3 is 0 Å². The fourth-order valence-electron chi connectivity index (χ4n) is 3.59. The van der Waals surface area contributed by atoms with Gasteiger partial charge in [-0.2, -0.15) is 0 Å². The van der Waals surface area contributed by atoms with Crippen molar-refractivity contribution in [3.05, 3.63) is 0 Å². The molecule has 2 fully saturated rings. The number of nitrogens with zero attached hydrogens (tertiary/aromatic N) is 1. The van der Waals surface area contributed by atoms with E-state index in [1.54, 1.807) is 0 Å². The molecule has 106 valence electrons. The summed E-state index contributed by atoms with van der Waals surface area (Å²) >= 11 is 0. The highest BCUT2D eigenvalue weighted by Gasteiger charge is 2.39. The molecule has 1 saturated heterocycles. The van der Waals surface area contributed by atoms with Gasteiger partial charge in [0.1, 0.15) is 0 Å². The average molecular weight is 254 g/mol. The lowest BCUT2D eigenvalue weighted by atomic mass is 9.85. The summed E-state index contributed by atoms with van der Waals surface area (Å²) in [4.78, 5) is 2.50. The van der Waals surface area contributed by atoms with Crippen LogP contribution in [0, 0.1) is 17.3 Å². The quantitative estimate of drug-likeness (QED) is 0.835. The molecule has 1 aliphatic heterocycles. The number of rotatable bonds is 4. The Balaban J connectivity index is 1.75. The van der Waals surface area contributed by atoms with Crippen molar-refractivity contribution in [1.82, 2.24) is 4.90 Å². The normalized spacial score (nSPS) is 33.2. The van der Waals surface area contributed by atoms with Crippen molar-refractivity contribution in [2.24, 2.45) is 23.0 Å². The van der Waals surface area contributed by atoms with Crippen molar-refractivity contribution < 1.29 is 4.74 Å². The highest BCUT2D eigenvalue weighted by atomic mass is 16.5. The SMILES string of the molecule is CN(CC1CCOCC1)CC1CCC(C)(C)C1N. The first-order valence-electron chi connectivity index (χ1n) is 7.51. The van der Waals surface area contributed by atoms with Crippen LogP contribution < -0.4 is 5.73 Å². The lowest BCUT2D eigenvalue weighted by Gasteiger charge is -2.32. The second kappa shape index (κ2) is 5.89. The second-order valence-corrected chi connectivity index (χ2v) is 7.09. The third kappa shape index (κ3) is 3.46. The Morgan fingerprint density at radius 3 is 2.39 bits per heavy atom. The molecule has 0 amide bonds. The van der Waals surface area contributed by atoms with E-state index in [0.717, 1.165) is 19.1 Å². The monoisotopic (exact) mass is 254 g/mol. The molecule has 0 radical (unpaired) electrons. The van der Waals surface area contributed by atoms with Crippen LogP contribution in [0.4, 0.5) is 0 Å². The predicted octanol–water partition coefficient (Wildman–Crippen LogP) is 2.11. The molecular weight excluding hydrogens is 224 g/mol. The van der Waals surface area contributed by atoms with Crippen molar-refractivity contribution in [1.29, 1.82) is 0 Å². The molecule has 3 nitrogen and oxygen atoms in total. The number of hydrogen-bond acceptors (Lipinski definition) is 3. The molecule has 2 aliphatic rings. The smallest absolute Gasteiger partial charge is 0.0469 e. The van der Waals surface area contributed by atoms with E-state index in [9.17, 15) is 0 Å². The van der Waals surface area contributed by atoms with E-state index < -0.39 is 0 Å². The summed E-state index contributed by atoms with van der Waals surface area (Å²) < 4.78 is 5.42. The second-order valence-electron chi connectivity index (χ2n) is 7.09. The summed E-state index contributed by atoms with van der Waals surface area (Å²) in [7, 11) is 2.26. The van der Waals surface area contributed by atoms with Crippen LogP contribution in [0.2, 0.25) is 0 Å². The molecule has 1 saturated carbocycles. The standard InChI is InChI=1S/C15H30N2O/c1-15(2)7-4-13(14(15)16)11-17(3)10-12-5-8-18-9-6-12/h12-14H,4-11,16H2,1-3H3. The fraction of sp³-hybridized carbons (Fsp3) is 1.00. The number of nitrogens with two attached hydrogens (primary N) is 1. The Labute approximate surface area is 112 Å². The Morgan fingerprint density at radius 2 is 1.83 bits per heavy atom. The average Bonchev–Trinajstić information content (AvgIpc) is 2.57. The predicted molar refractivity (Wildman–Crippen MR) is 75.5 cm³/mol. The summed E-state index contributed by atoms with van der Waals surface area (Å²) in [5.41, 5.74) is 6.73. The van der Waals surface area contributed by atoms with Crippen LogP contribution >= 0.6 is 0 Å². The Hall–Kier alpha value is -0.120. The zero-order chi connectivity index (χ0) is 13.2. The molecule has 3 heteroatoms. The molecule has 2 unspecified atom stereocenters. The maximum absolute atomic E-state index is 6.39. The van der Waals surface area contributed by atoms with Gasteiger partial charge in [-0.15, -0.1) is 0 Å². The van der Waals surface area contributed by atoms with Gasteiger partial charge in [0.15, 0.2) is 0 Å². The van der Waals surface area contributed by atoms with Crippen molar-refractivity contribution in [2.75, 3.05) is 33.4 Å². The summed E-state index contributed by atoms with van der Waals surface area (Å²) in [5.74, 6) is 1.51. The molecule has 1 aliphatic carbocycles. The van der Waals surface area contributed by atoms with E-state index in [0.29, 0.717) is 17.4 Å². The zero-order valence-electron chi connectivity index (χ0n) is 12.3. The van der Waals surface area contributed by atoms with E-state index >= 15 is 0 Å². The van der Waals surface area contributed by atoms with E-state index in [1.807, 2.05) is 0 Å². The summed E-state index contributed by atoms with van der Waals surface area (Å²) in [6.45, 7) is 8.92. The number of ether oxygens (including phenoxy) is 1. The van der Waals surface area contributed by atoms with Crippen LogP contribution in [0.15, 0.2) is 0 Å². The van der Waals surface area contributed by atoms with Crippen molar-refractivity contribution in [3.63, 3.8) is 0 Å². The minimum absolute atomic E-state index is 0.337. The minimum atomic E-state index is 0.337. The summed E-state index contributed by atoms with van der Waals surface area (Å²) in [6.07, 6.45) is 5.04. The molecule has 2 rings (SSSR count). The molecule has 0 bridgehead atoms. The van der Waals surface area contributed by atoms with Gasteiger partial charge in [0.05, 0.1) is 0 Å². The van der Waals surface area contributed by atoms with Gasteiger partial charge < -0.3 is 15.4 Å². The van der Waals surface area contributed by atoms with Gasteiger partial charge in [0.25, 0.3) is 0 Å². The molecule has 0 aromatic heterocycles. The largest absolute Gasteiger partial charge is 0.381 e. The van der Waals surface area contributed by atoms with Gasteiger partial charge in [-0.05, 0) is 50.0 Å². The van der Waals surface area contributed by atoms with Crippen LogP contribution in [-0.2, 0) is 4.74 Å². The summed E-state index contributed by atoms with van der Waals surface area (Å²) in [6, 6.07) is 0.370. The third-order valence-corrected chi connectivity index (χ3v) is 5.03. The fourth-order valence-corrected chi connectivity index (χ4v) is 3.59. The third-order valence-electron chi connectivity index (χ3n) is 5.03. The van der Waals surface area contributed by atoms with E-state index in [2.05, 4.69) is 25.8 Å². The lowest BCUT2D eigenvalue weighted by Crippen LogP contribution is -2.42. The maximum Gasteiger partial charge on any atom is 0.0469 e. The van der Waals surface area contributed by atoms with Gasteiger partial charge in [0.2, 0.25) is 0 Å².